The topological polar surface area (TPSA) is 37.8 Å². The zero-order chi connectivity index (χ0) is 15.4. The van der Waals surface area contributed by atoms with Crippen molar-refractivity contribution in [3.8, 4) is 10.6 Å². The van der Waals surface area contributed by atoms with Crippen LogP contribution in [0.5, 0.6) is 0 Å². The average Bonchev–Trinajstić information content (AvgIpc) is 2.88. The zero-order valence-electron chi connectivity index (χ0n) is 11.8. The molecule has 1 aromatic heterocycles. The van der Waals surface area contributed by atoms with E-state index in [0.717, 1.165) is 24.4 Å². The van der Waals surface area contributed by atoms with Crippen molar-refractivity contribution in [3.63, 3.8) is 0 Å². The number of nitrogens with zero attached hydrogens (tertiary/aromatic N) is 2. The summed E-state index contributed by atoms with van der Waals surface area (Å²) in [4.78, 5) is 0. The van der Waals surface area contributed by atoms with Gasteiger partial charge in [0.1, 0.15) is 16.6 Å². The van der Waals surface area contributed by atoms with E-state index in [-0.39, 0.29) is 16.6 Å². The molecule has 0 spiro atoms. The maximum atomic E-state index is 13.9. The Hall–Kier alpha value is -0.920. The second kappa shape index (κ2) is 7.38. The van der Waals surface area contributed by atoms with Crippen LogP contribution >= 0.6 is 27.3 Å². The standard InChI is InChI=1S/C14H16BrF2N3S/c1-3-5-18-11(4-2)13-19-20-14(21-13)12-9(16)6-8(15)7-10(12)17/h6-7,11,18H,3-5H2,1-2H3. The van der Waals surface area contributed by atoms with Crippen LogP contribution in [-0.4, -0.2) is 16.7 Å². The summed E-state index contributed by atoms with van der Waals surface area (Å²) in [5.74, 6) is -1.28. The van der Waals surface area contributed by atoms with Gasteiger partial charge in [-0.1, -0.05) is 41.1 Å². The Kier molecular flexibility index (Phi) is 5.78. The maximum Gasteiger partial charge on any atom is 0.153 e. The van der Waals surface area contributed by atoms with E-state index >= 15 is 0 Å². The lowest BCUT2D eigenvalue weighted by atomic mass is 10.2. The number of halogens is 3. The minimum atomic E-state index is -0.640. The number of benzene rings is 1. The molecule has 2 rings (SSSR count). The summed E-state index contributed by atoms with van der Waals surface area (Å²) in [7, 11) is 0. The summed E-state index contributed by atoms with van der Waals surface area (Å²) in [5, 5.41) is 12.4. The molecule has 0 aliphatic heterocycles. The van der Waals surface area contributed by atoms with E-state index < -0.39 is 11.6 Å². The van der Waals surface area contributed by atoms with Crippen LogP contribution in [0.3, 0.4) is 0 Å². The molecule has 114 valence electrons. The molecule has 7 heteroatoms. The summed E-state index contributed by atoms with van der Waals surface area (Å²) >= 11 is 4.29. The van der Waals surface area contributed by atoms with E-state index in [0.29, 0.717) is 4.47 Å². The van der Waals surface area contributed by atoms with Crippen molar-refractivity contribution < 1.29 is 8.78 Å². The van der Waals surface area contributed by atoms with Crippen LogP contribution in [0.4, 0.5) is 8.78 Å². The Labute approximate surface area is 134 Å². The maximum absolute atomic E-state index is 13.9. The number of nitrogens with one attached hydrogen (secondary N) is 1. The molecule has 0 radical (unpaired) electrons. The van der Waals surface area contributed by atoms with E-state index in [1.807, 2.05) is 6.92 Å². The molecule has 1 atom stereocenters. The van der Waals surface area contributed by atoms with Crippen LogP contribution < -0.4 is 5.32 Å². The SMILES string of the molecule is CCCNC(CC)c1nnc(-c2c(F)cc(Br)cc2F)s1. The second-order valence-electron chi connectivity index (χ2n) is 4.60. The van der Waals surface area contributed by atoms with Gasteiger partial charge in [0.05, 0.1) is 11.6 Å². The van der Waals surface area contributed by atoms with E-state index in [9.17, 15) is 8.78 Å². The van der Waals surface area contributed by atoms with Crippen LogP contribution in [0.1, 0.15) is 37.7 Å². The highest BCUT2D eigenvalue weighted by Crippen LogP contribution is 2.33. The van der Waals surface area contributed by atoms with Crippen molar-refractivity contribution in [2.75, 3.05) is 6.54 Å². The molecule has 0 bridgehead atoms. The van der Waals surface area contributed by atoms with Crippen LogP contribution in [0.15, 0.2) is 16.6 Å². The van der Waals surface area contributed by atoms with Crippen LogP contribution in [0, 0.1) is 11.6 Å². The van der Waals surface area contributed by atoms with E-state index in [4.69, 9.17) is 0 Å². The summed E-state index contributed by atoms with van der Waals surface area (Å²) in [6, 6.07) is 2.52. The van der Waals surface area contributed by atoms with Gasteiger partial charge in [0, 0.05) is 4.47 Å². The van der Waals surface area contributed by atoms with Crippen molar-refractivity contribution in [1.82, 2.24) is 15.5 Å². The number of hydrogen-bond acceptors (Lipinski definition) is 4. The van der Waals surface area contributed by atoms with Crippen LogP contribution in [-0.2, 0) is 0 Å². The summed E-state index contributed by atoms with van der Waals surface area (Å²) in [5.41, 5.74) is -0.118. The fourth-order valence-electron chi connectivity index (χ4n) is 1.95. The van der Waals surface area contributed by atoms with Crippen LogP contribution in [0.2, 0.25) is 0 Å². The third kappa shape index (κ3) is 3.84. The fraction of sp³-hybridized carbons (Fsp3) is 0.429. The van der Waals surface area contributed by atoms with Gasteiger partial charge in [-0.3, -0.25) is 0 Å². The predicted octanol–water partition coefficient (Wildman–Crippen LogP) is 4.70. The van der Waals surface area contributed by atoms with E-state index in [1.165, 1.54) is 23.5 Å². The van der Waals surface area contributed by atoms with Gasteiger partial charge in [0.25, 0.3) is 0 Å². The smallest absolute Gasteiger partial charge is 0.153 e. The van der Waals surface area contributed by atoms with E-state index in [2.05, 4.69) is 38.4 Å². The molecule has 1 aromatic carbocycles. The molecule has 0 fully saturated rings. The first-order valence-electron chi connectivity index (χ1n) is 6.78. The Morgan fingerprint density at radius 3 is 2.48 bits per heavy atom. The first-order valence-corrected chi connectivity index (χ1v) is 8.39. The monoisotopic (exact) mass is 375 g/mol. The van der Waals surface area contributed by atoms with Gasteiger partial charge in [-0.15, -0.1) is 10.2 Å². The lowest BCUT2D eigenvalue weighted by Crippen LogP contribution is -2.21. The lowest BCUT2D eigenvalue weighted by Gasteiger charge is -2.12. The largest absolute Gasteiger partial charge is 0.308 e. The Balaban J connectivity index is 2.31. The quantitative estimate of drug-likeness (QED) is 0.795. The molecule has 1 unspecified atom stereocenters. The Morgan fingerprint density at radius 1 is 1.24 bits per heavy atom. The summed E-state index contributed by atoms with van der Waals surface area (Å²) in [6.07, 6.45) is 1.86. The first-order chi connectivity index (χ1) is 10.1. The highest BCUT2D eigenvalue weighted by atomic mass is 79.9. The van der Waals surface area contributed by atoms with Gasteiger partial charge in [-0.2, -0.15) is 0 Å². The van der Waals surface area contributed by atoms with Gasteiger partial charge in [-0.25, -0.2) is 8.78 Å². The van der Waals surface area contributed by atoms with E-state index in [1.54, 1.807) is 0 Å². The normalized spacial score (nSPS) is 12.6. The highest BCUT2D eigenvalue weighted by Gasteiger charge is 2.20. The number of rotatable bonds is 6. The Bertz CT molecular complexity index is 595. The molecule has 0 aliphatic rings. The lowest BCUT2D eigenvalue weighted by molar-refractivity contribution is 0.513. The molecule has 2 aromatic rings. The molecular formula is C14H16BrF2N3S. The molecule has 0 saturated heterocycles. The minimum Gasteiger partial charge on any atom is -0.308 e. The molecule has 1 heterocycles. The predicted molar refractivity (Wildman–Crippen MR) is 84.3 cm³/mol. The van der Waals surface area contributed by atoms with Crippen molar-refractivity contribution in [1.29, 1.82) is 0 Å². The summed E-state index contributed by atoms with van der Waals surface area (Å²) < 4.78 is 28.3. The first kappa shape index (κ1) is 16.5. The third-order valence-corrected chi connectivity index (χ3v) is 4.52. The molecule has 0 amide bonds. The molecule has 0 saturated carbocycles. The minimum absolute atomic E-state index is 0.0674. The third-order valence-electron chi connectivity index (χ3n) is 3.01. The second-order valence-corrected chi connectivity index (χ2v) is 6.53. The zero-order valence-corrected chi connectivity index (χ0v) is 14.2. The number of hydrogen-bond donors (Lipinski definition) is 1. The van der Waals surface area contributed by atoms with Crippen molar-refractivity contribution in [2.24, 2.45) is 0 Å². The van der Waals surface area contributed by atoms with Gasteiger partial charge in [0.2, 0.25) is 0 Å². The molecular weight excluding hydrogens is 360 g/mol. The van der Waals surface area contributed by atoms with Gasteiger partial charge < -0.3 is 5.32 Å². The molecule has 21 heavy (non-hydrogen) atoms. The average molecular weight is 376 g/mol. The van der Waals surface area contributed by atoms with Gasteiger partial charge in [0.15, 0.2) is 5.01 Å². The highest BCUT2D eigenvalue weighted by molar-refractivity contribution is 9.10. The van der Waals surface area contributed by atoms with Gasteiger partial charge >= 0.3 is 0 Å². The van der Waals surface area contributed by atoms with Gasteiger partial charge in [-0.05, 0) is 31.5 Å². The summed E-state index contributed by atoms with van der Waals surface area (Å²) in [6.45, 7) is 4.99. The fourth-order valence-corrected chi connectivity index (χ4v) is 3.40. The molecule has 0 aliphatic carbocycles. The molecule has 3 nitrogen and oxygen atoms in total. The number of aromatic nitrogens is 2. The Morgan fingerprint density at radius 2 is 1.90 bits per heavy atom. The van der Waals surface area contributed by atoms with Crippen molar-refractivity contribution >= 4 is 27.3 Å². The van der Waals surface area contributed by atoms with Crippen molar-refractivity contribution in [3.05, 3.63) is 33.2 Å². The van der Waals surface area contributed by atoms with Crippen LogP contribution in [0.25, 0.3) is 10.6 Å². The molecule has 1 N–H and O–H groups in total. The van der Waals surface area contributed by atoms with Crippen molar-refractivity contribution in [2.45, 2.75) is 32.7 Å².